The molecular formula is C14H18N2O. The van der Waals surface area contributed by atoms with E-state index in [1.165, 1.54) is 30.4 Å². The zero-order chi connectivity index (χ0) is 11.7. The second-order valence-corrected chi connectivity index (χ2v) is 4.89. The third-order valence-corrected chi connectivity index (χ3v) is 3.82. The van der Waals surface area contributed by atoms with Gasteiger partial charge in [-0.25, -0.2) is 0 Å². The van der Waals surface area contributed by atoms with Crippen molar-refractivity contribution in [2.24, 2.45) is 5.92 Å². The molecule has 2 atom stereocenters. The SMILES string of the molecule is COc1cncc(C2=CC3NCCCC3C2)c1. The minimum Gasteiger partial charge on any atom is -0.495 e. The standard InChI is InChI=1S/C14H18N2O/c1-17-13-6-12(8-15-9-13)11-5-10-3-2-4-16-14(10)7-11/h6-10,14,16H,2-5H2,1H3. The largest absolute Gasteiger partial charge is 0.495 e. The molecule has 17 heavy (non-hydrogen) atoms. The summed E-state index contributed by atoms with van der Waals surface area (Å²) in [4.78, 5) is 4.23. The van der Waals surface area contributed by atoms with Gasteiger partial charge in [0.1, 0.15) is 5.75 Å². The van der Waals surface area contributed by atoms with Crippen LogP contribution in [0.4, 0.5) is 0 Å². The summed E-state index contributed by atoms with van der Waals surface area (Å²) in [5, 5.41) is 3.58. The molecule has 0 radical (unpaired) electrons. The second-order valence-electron chi connectivity index (χ2n) is 4.89. The van der Waals surface area contributed by atoms with E-state index in [0.29, 0.717) is 6.04 Å². The molecule has 0 spiro atoms. The van der Waals surface area contributed by atoms with Crippen molar-refractivity contribution in [1.82, 2.24) is 10.3 Å². The van der Waals surface area contributed by atoms with Crippen LogP contribution < -0.4 is 10.1 Å². The number of methoxy groups -OCH3 is 1. The van der Waals surface area contributed by atoms with E-state index < -0.39 is 0 Å². The average Bonchev–Trinajstić information content (AvgIpc) is 2.82. The maximum Gasteiger partial charge on any atom is 0.137 e. The first kappa shape index (κ1) is 10.8. The van der Waals surface area contributed by atoms with Crippen LogP contribution in [0.2, 0.25) is 0 Å². The number of pyridine rings is 1. The molecule has 1 saturated heterocycles. The highest BCUT2D eigenvalue weighted by Gasteiger charge is 2.29. The van der Waals surface area contributed by atoms with Gasteiger partial charge in [-0.15, -0.1) is 0 Å². The molecule has 1 aromatic rings. The van der Waals surface area contributed by atoms with Crippen molar-refractivity contribution in [2.45, 2.75) is 25.3 Å². The van der Waals surface area contributed by atoms with Crippen molar-refractivity contribution in [2.75, 3.05) is 13.7 Å². The molecule has 2 unspecified atom stereocenters. The van der Waals surface area contributed by atoms with E-state index in [0.717, 1.165) is 18.2 Å². The molecule has 90 valence electrons. The quantitative estimate of drug-likeness (QED) is 0.846. The Bertz CT molecular complexity index is 442. The van der Waals surface area contributed by atoms with E-state index >= 15 is 0 Å². The molecule has 0 saturated carbocycles. The predicted molar refractivity (Wildman–Crippen MR) is 67.9 cm³/mol. The van der Waals surface area contributed by atoms with Crippen LogP contribution in [0, 0.1) is 5.92 Å². The molecule has 2 aliphatic rings. The van der Waals surface area contributed by atoms with E-state index in [1.807, 2.05) is 6.20 Å². The number of aromatic nitrogens is 1. The number of rotatable bonds is 2. The summed E-state index contributed by atoms with van der Waals surface area (Å²) in [6.45, 7) is 1.15. The Hall–Kier alpha value is -1.35. The van der Waals surface area contributed by atoms with Crippen LogP contribution >= 0.6 is 0 Å². The van der Waals surface area contributed by atoms with Gasteiger partial charge in [0.25, 0.3) is 0 Å². The van der Waals surface area contributed by atoms with Crippen LogP contribution in [0.1, 0.15) is 24.8 Å². The van der Waals surface area contributed by atoms with Gasteiger partial charge in [-0.3, -0.25) is 4.98 Å². The summed E-state index contributed by atoms with van der Waals surface area (Å²) < 4.78 is 5.23. The molecule has 0 amide bonds. The molecular weight excluding hydrogens is 212 g/mol. The Morgan fingerprint density at radius 3 is 3.18 bits per heavy atom. The van der Waals surface area contributed by atoms with Gasteiger partial charge in [0.15, 0.2) is 0 Å². The molecule has 1 aliphatic heterocycles. The Balaban J connectivity index is 1.84. The molecule has 0 aromatic carbocycles. The minimum atomic E-state index is 0.574. The summed E-state index contributed by atoms with van der Waals surface area (Å²) in [5.74, 6) is 1.62. The lowest BCUT2D eigenvalue weighted by atomic mass is 9.92. The minimum absolute atomic E-state index is 0.574. The summed E-state index contributed by atoms with van der Waals surface area (Å²) in [7, 11) is 1.69. The molecule has 2 heterocycles. The van der Waals surface area contributed by atoms with Crippen LogP contribution in [-0.2, 0) is 0 Å². The number of nitrogens with one attached hydrogen (secondary N) is 1. The van der Waals surface area contributed by atoms with Crippen LogP contribution in [0.15, 0.2) is 24.5 Å². The van der Waals surface area contributed by atoms with Crippen molar-refractivity contribution < 1.29 is 4.74 Å². The summed E-state index contributed by atoms with van der Waals surface area (Å²) in [6.07, 6.45) is 9.89. The van der Waals surface area contributed by atoms with Gasteiger partial charge in [0.2, 0.25) is 0 Å². The van der Waals surface area contributed by atoms with Crippen molar-refractivity contribution in [1.29, 1.82) is 0 Å². The lowest BCUT2D eigenvalue weighted by Crippen LogP contribution is -2.37. The van der Waals surface area contributed by atoms with Gasteiger partial charge < -0.3 is 10.1 Å². The van der Waals surface area contributed by atoms with Gasteiger partial charge in [-0.2, -0.15) is 0 Å². The Labute approximate surface area is 102 Å². The third-order valence-electron chi connectivity index (χ3n) is 3.82. The number of allylic oxidation sites excluding steroid dienone is 1. The zero-order valence-corrected chi connectivity index (χ0v) is 10.1. The highest BCUT2D eigenvalue weighted by molar-refractivity contribution is 5.69. The fourth-order valence-corrected chi connectivity index (χ4v) is 2.89. The monoisotopic (exact) mass is 230 g/mol. The fourth-order valence-electron chi connectivity index (χ4n) is 2.89. The first-order chi connectivity index (χ1) is 8.36. The zero-order valence-electron chi connectivity index (χ0n) is 10.1. The number of ether oxygens (including phenoxy) is 1. The van der Waals surface area contributed by atoms with Gasteiger partial charge >= 0.3 is 0 Å². The van der Waals surface area contributed by atoms with E-state index in [2.05, 4.69) is 22.4 Å². The fraction of sp³-hybridized carbons (Fsp3) is 0.500. The van der Waals surface area contributed by atoms with E-state index in [1.54, 1.807) is 13.3 Å². The molecule has 1 N–H and O–H groups in total. The Kier molecular flexibility index (Phi) is 2.85. The number of hydrogen-bond acceptors (Lipinski definition) is 3. The molecule has 3 nitrogen and oxygen atoms in total. The highest BCUT2D eigenvalue weighted by atomic mass is 16.5. The third kappa shape index (κ3) is 2.07. The van der Waals surface area contributed by atoms with E-state index in [9.17, 15) is 0 Å². The smallest absolute Gasteiger partial charge is 0.137 e. The van der Waals surface area contributed by atoms with E-state index in [-0.39, 0.29) is 0 Å². The normalized spacial score (nSPS) is 27.5. The molecule has 1 fully saturated rings. The topological polar surface area (TPSA) is 34.1 Å². The molecule has 3 rings (SSSR count). The Morgan fingerprint density at radius 2 is 2.35 bits per heavy atom. The number of fused-ring (bicyclic) bond motifs is 1. The first-order valence-electron chi connectivity index (χ1n) is 6.30. The van der Waals surface area contributed by atoms with Gasteiger partial charge in [0, 0.05) is 12.2 Å². The second kappa shape index (κ2) is 4.49. The number of nitrogens with zero attached hydrogens (tertiary/aromatic N) is 1. The average molecular weight is 230 g/mol. The van der Waals surface area contributed by atoms with Gasteiger partial charge in [-0.05, 0) is 48.9 Å². The number of piperidine rings is 1. The van der Waals surface area contributed by atoms with Crippen LogP contribution in [0.3, 0.4) is 0 Å². The summed E-state index contributed by atoms with van der Waals surface area (Å²) in [6, 6.07) is 2.65. The highest BCUT2D eigenvalue weighted by Crippen LogP contribution is 2.37. The molecule has 0 bridgehead atoms. The summed E-state index contributed by atoms with van der Waals surface area (Å²) >= 11 is 0. The van der Waals surface area contributed by atoms with Crippen molar-refractivity contribution >= 4 is 5.57 Å². The van der Waals surface area contributed by atoms with Crippen molar-refractivity contribution in [3.05, 3.63) is 30.1 Å². The lowest BCUT2D eigenvalue weighted by molar-refractivity contribution is 0.341. The first-order valence-corrected chi connectivity index (χ1v) is 6.30. The molecule has 3 heteroatoms. The van der Waals surface area contributed by atoms with Crippen LogP contribution in [0.5, 0.6) is 5.75 Å². The molecule has 1 aromatic heterocycles. The number of hydrogen-bond donors (Lipinski definition) is 1. The predicted octanol–water partition coefficient (Wildman–Crippen LogP) is 2.25. The van der Waals surface area contributed by atoms with Gasteiger partial charge in [0.05, 0.1) is 13.3 Å². The lowest BCUT2D eigenvalue weighted by Gasteiger charge is -2.25. The van der Waals surface area contributed by atoms with Crippen LogP contribution in [-0.4, -0.2) is 24.7 Å². The maximum atomic E-state index is 5.23. The van der Waals surface area contributed by atoms with Crippen LogP contribution in [0.25, 0.3) is 5.57 Å². The Morgan fingerprint density at radius 1 is 1.41 bits per heavy atom. The molecule has 1 aliphatic carbocycles. The van der Waals surface area contributed by atoms with Crippen molar-refractivity contribution in [3.8, 4) is 5.75 Å². The van der Waals surface area contributed by atoms with E-state index in [4.69, 9.17) is 4.74 Å². The summed E-state index contributed by atoms with van der Waals surface area (Å²) in [5.41, 5.74) is 2.63. The van der Waals surface area contributed by atoms with Gasteiger partial charge in [-0.1, -0.05) is 6.08 Å². The van der Waals surface area contributed by atoms with Crippen molar-refractivity contribution in [3.63, 3.8) is 0 Å². The maximum absolute atomic E-state index is 5.23.